The van der Waals surface area contributed by atoms with Gasteiger partial charge in [-0.1, -0.05) is 35.3 Å². The zero-order valence-electron chi connectivity index (χ0n) is 19.8. The van der Waals surface area contributed by atoms with E-state index in [0.29, 0.717) is 36.2 Å². The molecule has 0 saturated heterocycles. The maximum Gasteiger partial charge on any atom is 0.389 e. The third-order valence-corrected chi connectivity index (χ3v) is 8.79. The second-order valence-electron chi connectivity index (χ2n) is 9.19. The number of rotatable bonds is 8. The summed E-state index contributed by atoms with van der Waals surface area (Å²) in [5.74, 6) is -0.620. The van der Waals surface area contributed by atoms with E-state index in [4.69, 9.17) is 23.2 Å². The molecule has 1 fully saturated rings. The van der Waals surface area contributed by atoms with Gasteiger partial charge in [-0.15, -0.1) is 0 Å². The molecule has 1 aliphatic carbocycles. The quantitative estimate of drug-likeness (QED) is 0.474. The summed E-state index contributed by atoms with van der Waals surface area (Å²) < 4.78 is 62.6. The van der Waals surface area contributed by atoms with Gasteiger partial charge >= 0.3 is 6.18 Å². The van der Waals surface area contributed by atoms with Gasteiger partial charge in [0.25, 0.3) is 5.91 Å². The standard InChI is InChI=1S/C23H28Cl2F3N3O4S/c1-3-31-20(16-5-4-14(12-17(16)24)6-11-23(26,27)28)18(25)19(30-31)21(32)29-13-22(33)9-7-15(8-10-22)36(2,34)35/h4-5,12,15,33H,3,6-11,13H2,1-2H3,(H,29,32). The van der Waals surface area contributed by atoms with Gasteiger partial charge in [0.1, 0.15) is 9.84 Å². The van der Waals surface area contributed by atoms with Crippen molar-refractivity contribution < 1.29 is 31.5 Å². The lowest BCUT2D eigenvalue weighted by Gasteiger charge is -2.35. The Bertz CT molecular complexity index is 1220. The molecule has 0 radical (unpaired) electrons. The second kappa shape index (κ2) is 10.9. The Labute approximate surface area is 217 Å². The van der Waals surface area contributed by atoms with Crippen molar-refractivity contribution in [3.05, 3.63) is 39.5 Å². The largest absolute Gasteiger partial charge is 0.389 e. The van der Waals surface area contributed by atoms with Crippen molar-refractivity contribution >= 4 is 38.9 Å². The second-order valence-corrected chi connectivity index (χ2v) is 12.3. The van der Waals surface area contributed by atoms with Crippen molar-refractivity contribution in [3.63, 3.8) is 0 Å². The maximum atomic E-state index is 12.9. The monoisotopic (exact) mass is 569 g/mol. The molecule has 0 spiro atoms. The predicted molar refractivity (Wildman–Crippen MR) is 132 cm³/mol. The summed E-state index contributed by atoms with van der Waals surface area (Å²) in [7, 11) is -3.19. The van der Waals surface area contributed by atoms with Gasteiger partial charge in [0, 0.05) is 31.3 Å². The minimum atomic E-state index is -4.28. The number of aromatic nitrogens is 2. The van der Waals surface area contributed by atoms with E-state index < -0.39 is 39.2 Å². The molecule has 0 unspecified atom stereocenters. The fraction of sp³-hybridized carbons (Fsp3) is 0.565. The van der Waals surface area contributed by atoms with Gasteiger partial charge < -0.3 is 10.4 Å². The van der Waals surface area contributed by atoms with Crippen molar-refractivity contribution in [3.8, 4) is 11.3 Å². The van der Waals surface area contributed by atoms with Crippen LogP contribution in [0.2, 0.25) is 10.0 Å². The molecule has 1 aromatic heterocycles. The molecule has 36 heavy (non-hydrogen) atoms. The van der Waals surface area contributed by atoms with Gasteiger partial charge in [-0.25, -0.2) is 8.42 Å². The summed E-state index contributed by atoms with van der Waals surface area (Å²) in [5, 5.41) is 17.4. The lowest BCUT2D eigenvalue weighted by Crippen LogP contribution is -2.47. The Balaban J connectivity index is 1.75. The zero-order valence-corrected chi connectivity index (χ0v) is 22.2. The van der Waals surface area contributed by atoms with E-state index in [1.165, 1.54) is 23.1 Å². The molecule has 200 valence electrons. The topological polar surface area (TPSA) is 101 Å². The molecule has 1 saturated carbocycles. The lowest BCUT2D eigenvalue weighted by atomic mass is 9.84. The first kappa shape index (κ1) is 28.7. The smallest absolute Gasteiger partial charge is 0.388 e. The van der Waals surface area contributed by atoms with E-state index >= 15 is 0 Å². The molecule has 1 aromatic carbocycles. The SMILES string of the molecule is CCn1nc(C(=O)NCC2(O)CCC(S(C)(=O)=O)CC2)c(Cl)c1-c1ccc(CCC(F)(F)F)cc1Cl. The molecule has 2 aromatic rings. The van der Waals surface area contributed by atoms with E-state index in [2.05, 4.69) is 10.4 Å². The lowest BCUT2D eigenvalue weighted by molar-refractivity contribution is -0.134. The minimum Gasteiger partial charge on any atom is -0.388 e. The highest BCUT2D eigenvalue weighted by molar-refractivity contribution is 7.91. The number of carbonyl (C=O) groups is 1. The van der Waals surface area contributed by atoms with Crippen molar-refractivity contribution in [2.75, 3.05) is 12.8 Å². The number of aliphatic hydroxyl groups is 1. The summed E-state index contributed by atoms with van der Waals surface area (Å²) in [6, 6.07) is 4.51. The molecule has 0 bridgehead atoms. The third kappa shape index (κ3) is 6.93. The molecule has 1 amide bonds. The van der Waals surface area contributed by atoms with Crippen molar-refractivity contribution in [1.82, 2.24) is 15.1 Å². The molecule has 13 heteroatoms. The van der Waals surface area contributed by atoms with Gasteiger partial charge in [0.05, 0.1) is 26.6 Å². The van der Waals surface area contributed by atoms with E-state index in [-0.39, 0.29) is 41.5 Å². The number of nitrogens with one attached hydrogen (secondary N) is 1. The van der Waals surface area contributed by atoms with Crippen LogP contribution in [0.15, 0.2) is 18.2 Å². The highest BCUT2D eigenvalue weighted by Gasteiger charge is 2.37. The maximum absolute atomic E-state index is 12.9. The molecule has 3 rings (SSSR count). The summed E-state index contributed by atoms with van der Waals surface area (Å²) in [5.41, 5.74) is -0.141. The van der Waals surface area contributed by atoms with Gasteiger partial charge in [-0.3, -0.25) is 9.48 Å². The highest BCUT2D eigenvalue weighted by atomic mass is 35.5. The Kier molecular flexibility index (Phi) is 8.69. The average molecular weight is 570 g/mol. The first-order chi connectivity index (χ1) is 16.6. The summed E-state index contributed by atoms with van der Waals surface area (Å²) >= 11 is 12.9. The molecule has 1 heterocycles. The molecule has 1 aliphatic rings. The van der Waals surface area contributed by atoms with Crippen LogP contribution in [-0.4, -0.2) is 59.0 Å². The number of carbonyl (C=O) groups excluding carboxylic acids is 1. The van der Waals surface area contributed by atoms with Crippen LogP contribution in [0.5, 0.6) is 0 Å². The Hall–Kier alpha value is -1.82. The number of hydrogen-bond acceptors (Lipinski definition) is 5. The number of halogens is 5. The predicted octanol–water partition coefficient (Wildman–Crippen LogP) is 4.82. The Morgan fingerprint density at radius 1 is 1.28 bits per heavy atom. The van der Waals surface area contributed by atoms with E-state index in [1.54, 1.807) is 13.0 Å². The third-order valence-electron chi connectivity index (χ3n) is 6.44. The number of sulfone groups is 1. The van der Waals surface area contributed by atoms with Gasteiger partial charge in [0.15, 0.2) is 5.69 Å². The van der Waals surface area contributed by atoms with Crippen LogP contribution in [-0.2, 0) is 22.8 Å². The van der Waals surface area contributed by atoms with E-state index in [1.807, 2.05) is 0 Å². The number of alkyl halides is 3. The van der Waals surface area contributed by atoms with E-state index in [0.717, 1.165) is 0 Å². The van der Waals surface area contributed by atoms with Crippen LogP contribution in [0, 0.1) is 0 Å². The van der Waals surface area contributed by atoms with Crippen LogP contribution < -0.4 is 5.32 Å². The molecular formula is C23H28Cl2F3N3O4S. The first-order valence-electron chi connectivity index (χ1n) is 11.4. The zero-order chi connectivity index (χ0) is 26.9. The first-order valence-corrected chi connectivity index (χ1v) is 14.2. The number of benzene rings is 1. The Morgan fingerprint density at radius 3 is 2.44 bits per heavy atom. The number of nitrogens with zero attached hydrogens (tertiary/aromatic N) is 2. The van der Waals surface area contributed by atoms with Crippen LogP contribution in [0.1, 0.15) is 55.1 Å². The van der Waals surface area contributed by atoms with Crippen LogP contribution >= 0.6 is 23.2 Å². The average Bonchev–Trinajstić information content (AvgIpc) is 3.11. The fourth-order valence-electron chi connectivity index (χ4n) is 4.33. The molecular weight excluding hydrogens is 542 g/mol. The van der Waals surface area contributed by atoms with Crippen LogP contribution in [0.3, 0.4) is 0 Å². The van der Waals surface area contributed by atoms with E-state index in [9.17, 15) is 31.5 Å². The van der Waals surface area contributed by atoms with Crippen LogP contribution in [0.4, 0.5) is 13.2 Å². The number of hydrogen-bond donors (Lipinski definition) is 2. The summed E-state index contributed by atoms with van der Waals surface area (Å²) in [6.45, 7) is 2.02. The highest BCUT2D eigenvalue weighted by Crippen LogP contribution is 2.37. The Morgan fingerprint density at radius 2 is 1.92 bits per heavy atom. The normalized spacial score (nSPS) is 20.9. The fourth-order valence-corrected chi connectivity index (χ4v) is 6.03. The minimum absolute atomic E-state index is 0.0204. The summed E-state index contributed by atoms with van der Waals surface area (Å²) in [6.07, 6.45) is -3.23. The molecule has 7 nitrogen and oxygen atoms in total. The molecule has 0 atom stereocenters. The van der Waals surface area contributed by atoms with Crippen LogP contribution in [0.25, 0.3) is 11.3 Å². The van der Waals surface area contributed by atoms with Crippen molar-refractivity contribution in [1.29, 1.82) is 0 Å². The molecule has 0 aliphatic heterocycles. The van der Waals surface area contributed by atoms with Crippen molar-refractivity contribution in [2.45, 2.75) is 69.0 Å². The number of amides is 1. The number of aryl methyl sites for hydroxylation is 2. The van der Waals surface area contributed by atoms with Crippen molar-refractivity contribution in [2.24, 2.45) is 0 Å². The van der Waals surface area contributed by atoms with Gasteiger partial charge in [-0.2, -0.15) is 18.3 Å². The molecule has 2 N–H and O–H groups in total. The van der Waals surface area contributed by atoms with Gasteiger partial charge in [0.2, 0.25) is 0 Å². The van der Waals surface area contributed by atoms with Gasteiger partial charge in [-0.05, 0) is 50.7 Å². The summed E-state index contributed by atoms with van der Waals surface area (Å²) in [4.78, 5) is 12.9.